The van der Waals surface area contributed by atoms with Crippen molar-refractivity contribution in [1.29, 1.82) is 0 Å². The van der Waals surface area contributed by atoms with Gasteiger partial charge in [-0.25, -0.2) is 13.2 Å². The van der Waals surface area contributed by atoms with E-state index in [1.165, 1.54) is 16.4 Å². The molecule has 0 radical (unpaired) electrons. The van der Waals surface area contributed by atoms with E-state index < -0.39 is 28.0 Å². The Labute approximate surface area is 189 Å². The normalized spacial score (nSPS) is 15.7. The van der Waals surface area contributed by atoms with E-state index in [4.69, 9.17) is 0 Å². The smallest absolute Gasteiger partial charge is 0.319 e. The molecule has 3 amide bonds. The molecule has 1 atom stereocenters. The lowest BCUT2D eigenvalue weighted by molar-refractivity contribution is -0.118. The lowest BCUT2D eigenvalue weighted by atomic mass is 10.0. The first kappa shape index (κ1) is 23.7. The van der Waals surface area contributed by atoms with Crippen molar-refractivity contribution in [3.63, 3.8) is 0 Å². The summed E-state index contributed by atoms with van der Waals surface area (Å²) in [6, 6.07) is 13.9. The summed E-state index contributed by atoms with van der Waals surface area (Å²) < 4.78 is 27.4. The molecule has 0 bridgehead atoms. The molecule has 9 heteroatoms. The number of hydrogen-bond acceptors (Lipinski definition) is 4. The van der Waals surface area contributed by atoms with Crippen molar-refractivity contribution >= 4 is 33.3 Å². The van der Waals surface area contributed by atoms with Gasteiger partial charge in [-0.2, -0.15) is 4.31 Å². The first-order valence-electron chi connectivity index (χ1n) is 10.8. The Morgan fingerprint density at radius 2 is 1.53 bits per heavy atom. The Hall–Kier alpha value is -2.91. The van der Waals surface area contributed by atoms with E-state index >= 15 is 0 Å². The van der Waals surface area contributed by atoms with Crippen LogP contribution in [0.2, 0.25) is 0 Å². The molecule has 0 spiro atoms. The van der Waals surface area contributed by atoms with Crippen LogP contribution in [0.3, 0.4) is 0 Å². The first-order chi connectivity index (χ1) is 15.3. The number of sulfonamides is 1. The lowest BCUT2D eigenvalue weighted by Gasteiger charge is -2.26. The van der Waals surface area contributed by atoms with Crippen molar-refractivity contribution in [2.45, 2.75) is 44.0 Å². The molecule has 1 heterocycles. The number of anilines is 2. The van der Waals surface area contributed by atoms with Crippen LogP contribution in [0.5, 0.6) is 0 Å². The van der Waals surface area contributed by atoms with Crippen molar-refractivity contribution in [3.05, 3.63) is 54.6 Å². The molecule has 1 saturated heterocycles. The molecule has 172 valence electrons. The van der Waals surface area contributed by atoms with Crippen LogP contribution in [0.1, 0.15) is 33.1 Å². The molecule has 3 rings (SSSR count). The molecule has 32 heavy (non-hydrogen) atoms. The largest absolute Gasteiger partial charge is 0.326 e. The fourth-order valence-corrected chi connectivity index (χ4v) is 5.14. The van der Waals surface area contributed by atoms with Gasteiger partial charge in [0.25, 0.3) is 0 Å². The second-order valence-electron chi connectivity index (χ2n) is 8.17. The van der Waals surface area contributed by atoms with Crippen LogP contribution in [0.15, 0.2) is 59.5 Å². The molecule has 0 saturated carbocycles. The molecule has 1 aliphatic heterocycles. The lowest BCUT2D eigenvalue weighted by Crippen LogP contribution is -2.48. The molecule has 1 unspecified atom stereocenters. The van der Waals surface area contributed by atoms with Gasteiger partial charge in [0, 0.05) is 24.5 Å². The van der Waals surface area contributed by atoms with Gasteiger partial charge in [-0.1, -0.05) is 44.5 Å². The molecule has 1 aliphatic rings. The molecule has 0 aromatic heterocycles. The van der Waals surface area contributed by atoms with Gasteiger partial charge in [-0.3, -0.25) is 4.79 Å². The van der Waals surface area contributed by atoms with Crippen molar-refractivity contribution in [3.8, 4) is 0 Å². The number of carbonyl (C=O) groups is 2. The van der Waals surface area contributed by atoms with Crippen molar-refractivity contribution in [2.24, 2.45) is 5.92 Å². The summed E-state index contributed by atoms with van der Waals surface area (Å²) in [4.78, 5) is 25.4. The number of rotatable bonds is 7. The van der Waals surface area contributed by atoms with Gasteiger partial charge in [0.05, 0.1) is 4.90 Å². The van der Waals surface area contributed by atoms with Gasteiger partial charge in [0.2, 0.25) is 15.9 Å². The topological polar surface area (TPSA) is 108 Å². The van der Waals surface area contributed by atoms with Crippen LogP contribution < -0.4 is 16.0 Å². The summed E-state index contributed by atoms with van der Waals surface area (Å²) in [5.41, 5.74) is 0.979. The molecule has 3 N–H and O–H groups in total. The van der Waals surface area contributed by atoms with Crippen molar-refractivity contribution < 1.29 is 18.0 Å². The van der Waals surface area contributed by atoms with Crippen LogP contribution in [-0.2, 0) is 14.8 Å². The van der Waals surface area contributed by atoms with Crippen molar-refractivity contribution in [2.75, 3.05) is 23.7 Å². The summed E-state index contributed by atoms with van der Waals surface area (Å²) in [7, 11) is -3.61. The van der Waals surface area contributed by atoms with Gasteiger partial charge >= 0.3 is 6.03 Å². The number of hydrogen-bond donors (Lipinski definition) is 3. The highest BCUT2D eigenvalue weighted by molar-refractivity contribution is 7.89. The van der Waals surface area contributed by atoms with Crippen LogP contribution >= 0.6 is 0 Å². The Kier molecular flexibility index (Phi) is 7.87. The number of carbonyl (C=O) groups excluding carboxylic acids is 2. The highest BCUT2D eigenvalue weighted by Gasteiger charge is 2.27. The van der Waals surface area contributed by atoms with Crippen LogP contribution in [0, 0.1) is 5.92 Å². The maximum Gasteiger partial charge on any atom is 0.319 e. The van der Waals surface area contributed by atoms with E-state index in [2.05, 4.69) is 16.0 Å². The number of nitrogens with one attached hydrogen (secondary N) is 3. The zero-order valence-electron chi connectivity index (χ0n) is 18.4. The van der Waals surface area contributed by atoms with Gasteiger partial charge < -0.3 is 16.0 Å². The second-order valence-corrected chi connectivity index (χ2v) is 10.1. The minimum Gasteiger partial charge on any atom is -0.326 e. The number of piperidine rings is 1. The second kappa shape index (κ2) is 10.6. The predicted molar refractivity (Wildman–Crippen MR) is 125 cm³/mol. The van der Waals surface area contributed by atoms with Crippen molar-refractivity contribution in [1.82, 2.24) is 9.62 Å². The third kappa shape index (κ3) is 6.08. The average molecular weight is 459 g/mol. The predicted octanol–water partition coefficient (Wildman–Crippen LogP) is 3.65. The SMILES string of the molecule is CC(C)C(NC(=O)Nc1ccccc1)C(=O)Nc1cccc(S(=O)(=O)N2CCCCC2)c1. The maximum absolute atomic E-state index is 12.9. The van der Waals surface area contributed by atoms with Crippen LogP contribution in [-0.4, -0.2) is 43.8 Å². The Bertz CT molecular complexity index is 1030. The molecule has 2 aromatic rings. The van der Waals surface area contributed by atoms with Gasteiger partial charge in [0.15, 0.2) is 0 Å². The maximum atomic E-state index is 12.9. The minimum absolute atomic E-state index is 0.146. The molecular formula is C23H30N4O4S. The first-order valence-corrected chi connectivity index (χ1v) is 12.2. The number of nitrogens with zero attached hydrogens (tertiary/aromatic N) is 1. The quantitative estimate of drug-likeness (QED) is 0.589. The van der Waals surface area contributed by atoms with Crippen LogP contribution in [0.25, 0.3) is 0 Å². The number of benzene rings is 2. The summed E-state index contributed by atoms with van der Waals surface area (Å²) in [5.74, 6) is -0.604. The molecule has 1 fully saturated rings. The summed E-state index contributed by atoms with van der Waals surface area (Å²) in [6.07, 6.45) is 2.73. The van der Waals surface area contributed by atoms with E-state index in [0.29, 0.717) is 24.5 Å². The highest BCUT2D eigenvalue weighted by Crippen LogP contribution is 2.23. The third-order valence-electron chi connectivity index (χ3n) is 5.32. The molecule has 2 aromatic carbocycles. The van der Waals surface area contributed by atoms with Gasteiger partial charge in [-0.15, -0.1) is 0 Å². The molecular weight excluding hydrogens is 428 g/mol. The highest BCUT2D eigenvalue weighted by atomic mass is 32.2. The van der Waals surface area contributed by atoms with E-state index in [-0.39, 0.29) is 10.8 Å². The van der Waals surface area contributed by atoms with Gasteiger partial charge in [0.1, 0.15) is 6.04 Å². The number of para-hydroxylation sites is 1. The number of urea groups is 1. The zero-order valence-corrected chi connectivity index (χ0v) is 19.2. The van der Waals surface area contributed by atoms with Crippen LogP contribution in [0.4, 0.5) is 16.2 Å². The summed E-state index contributed by atoms with van der Waals surface area (Å²) in [6.45, 7) is 4.66. The molecule has 0 aliphatic carbocycles. The fraction of sp³-hybridized carbons (Fsp3) is 0.391. The minimum atomic E-state index is -3.61. The average Bonchev–Trinajstić information content (AvgIpc) is 2.78. The van der Waals surface area contributed by atoms with Gasteiger partial charge in [-0.05, 0) is 49.1 Å². The number of amides is 3. The Balaban J connectivity index is 1.68. The van der Waals surface area contributed by atoms with E-state index in [0.717, 1.165) is 19.3 Å². The van der Waals surface area contributed by atoms with E-state index in [1.54, 1.807) is 36.4 Å². The van der Waals surface area contributed by atoms with E-state index in [1.807, 2.05) is 19.9 Å². The van der Waals surface area contributed by atoms with E-state index in [9.17, 15) is 18.0 Å². The zero-order chi connectivity index (χ0) is 23.1. The Morgan fingerprint density at radius 3 is 2.19 bits per heavy atom. The monoisotopic (exact) mass is 458 g/mol. The standard InChI is InChI=1S/C23H30N4O4S/c1-17(2)21(26-23(29)25-18-10-5-3-6-11-18)22(28)24-19-12-9-13-20(16-19)32(30,31)27-14-7-4-8-15-27/h3,5-6,9-13,16-17,21H,4,7-8,14-15H2,1-2H3,(H,24,28)(H2,25,26,29). The summed E-state index contributed by atoms with van der Waals surface area (Å²) >= 11 is 0. The Morgan fingerprint density at radius 1 is 0.875 bits per heavy atom. The summed E-state index contributed by atoms with van der Waals surface area (Å²) in [5, 5.41) is 8.13. The third-order valence-corrected chi connectivity index (χ3v) is 7.22. The molecule has 8 nitrogen and oxygen atoms in total. The fourth-order valence-electron chi connectivity index (χ4n) is 3.57.